The number of aryl methyl sites for hydroxylation is 3. The van der Waals surface area contributed by atoms with Gasteiger partial charge in [0.15, 0.2) is 5.82 Å². The Hall–Kier alpha value is -1.91. The van der Waals surface area contributed by atoms with Crippen LogP contribution in [0.1, 0.15) is 23.9 Å². The van der Waals surface area contributed by atoms with E-state index < -0.39 is 0 Å². The topological polar surface area (TPSA) is 69.6 Å². The van der Waals surface area contributed by atoms with Gasteiger partial charge in [0.05, 0.1) is 11.3 Å². The minimum absolute atomic E-state index is 0.551. The standard InChI is InChI=1S/C12H17N5/c1-5-10-7(2)11(13)15-12(14-10)9-6-17(4)16-8(9)3/h6H,5H2,1-4H3,(H2,13,14,15). The van der Waals surface area contributed by atoms with Crippen molar-refractivity contribution in [1.82, 2.24) is 19.7 Å². The Balaban J connectivity index is 2.60. The number of hydrogen-bond donors (Lipinski definition) is 1. The van der Waals surface area contributed by atoms with Gasteiger partial charge in [0.25, 0.3) is 0 Å². The lowest BCUT2D eigenvalue weighted by atomic mass is 10.1. The number of rotatable bonds is 2. The minimum atomic E-state index is 0.551. The van der Waals surface area contributed by atoms with E-state index in [0.717, 1.165) is 28.9 Å². The molecule has 0 radical (unpaired) electrons. The Labute approximate surface area is 101 Å². The van der Waals surface area contributed by atoms with Gasteiger partial charge in [-0.1, -0.05) is 6.92 Å². The van der Waals surface area contributed by atoms with E-state index in [1.54, 1.807) is 4.68 Å². The van der Waals surface area contributed by atoms with Crippen LogP contribution in [-0.4, -0.2) is 19.7 Å². The molecule has 0 amide bonds. The number of hydrogen-bond acceptors (Lipinski definition) is 4. The monoisotopic (exact) mass is 231 g/mol. The number of aromatic nitrogens is 4. The van der Waals surface area contributed by atoms with Crippen molar-refractivity contribution in [2.75, 3.05) is 5.73 Å². The molecule has 5 heteroatoms. The van der Waals surface area contributed by atoms with Gasteiger partial charge in [0, 0.05) is 24.5 Å². The molecule has 0 unspecified atom stereocenters. The van der Waals surface area contributed by atoms with E-state index in [4.69, 9.17) is 5.73 Å². The van der Waals surface area contributed by atoms with E-state index in [2.05, 4.69) is 22.0 Å². The van der Waals surface area contributed by atoms with Crippen LogP contribution in [0.2, 0.25) is 0 Å². The molecular weight excluding hydrogens is 214 g/mol. The molecule has 2 heterocycles. The van der Waals surface area contributed by atoms with Gasteiger partial charge in [0.1, 0.15) is 5.82 Å². The number of nitrogen functional groups attached to an aromatic ring is 1. The van der Waals surface area contributed by atoms with Crippen LogP contribution in [0, 0.1) is 13.8 Å². The van der Waals surface area contributed by atoms with Crippen LogP contribution < -0.4 is 5.73 Å². The van der Waals surface area contributed by atoms with E-state index in [1.165, 1.54) is 0 Å². The van der Waals surface area contributed by atoms with Crippen molar-refractivity contribution >= 4 is 5.82 Å². The molecule has 2 N–H and O–H groups in total. The lowest BCUT2D eigenvalue weighted by Crippen LogP contribution is -2.04. The predicted octanol–water partition coefficient (Wildman–Crippen LogP) is 1.64. The third kappa shape index (κ3) is 2.00. The Morgan fingerprint density at radius 3 is 2.53 bits per heavy atom. The van der Waals surface area contributed by atoms with Crippen LogP contribution >= 0.6 is 0 Å². The number of anilines is 1. The van der Waals surface area contributed by atoms with Gasteiger partial charge in [-0.3, -0.25) is 4.68 Å². The first kappa shape index (κ1) is 11.6. The third-order valence-corrected chi connectivity index (χ3v) is 2.87. The predicted molar refractivity (Wildman–Crippen MR) is 67.5 cm³/mol. The second-order valence-corrected chi connectivity index (χ2v) is 4.16. The van der Waals surface area contributed by atoms with Crippen molar-refractivity contribution in [2.45, 2.75) is 27.2 Å². The zero-order chi connectivity index (χ0) is 12.6. The maximum absolute atomic E-state index is 5.91. The molecular formula is C12H17N5. The maximum Gasteiger partial charge on any atom is 0.165 e. The number of nitrogens with zero attached hydrogens (tertiary/aromatic N) is 4. The molecule has 0 atom stereocenters. The van der Waals surface area contributed by atoms with Crippen molar-refractivity contribution in [2.24, 2.45) is 7.05 Å². The summed E-state index contributed by atoms with van der Waals surface area (Å²) in [5.41, 5.74) is 9.73. The van der Waals surface area contributed by atoms with Crippen molar-refractivity contribution in [3.63, 3.8) is 0 Å². The first-order valence-corrected chi connectivity index (χ1v) is 5.66. The second kappa shape index (κ2) is 4.16. The molecule has 0 aliphatic carbocycles. The molecule has 2 aromatic heterocycles. The van der Waals surface area contributed by atoms with Crippen LogP contribution in [0.25, 0.3) is 11.4 Å². The molecule has 0 aromatic carbocycles. The summed E-state index contributed by atoms with van der Waals surface area (Å²) in [7, 11) is 1.88. The van der Waals surface area contributed by atoms with E-state index in [1.807, 2.05) is 27.1 Å². The first-order chi connectivity index (χ1) is 8.02. The summed E-state index contributed by atoms with van der Waals surface area (Å²) in [4.78, 5) is 8.89. The van der Waals surface area contributed by atoms with Gasteiger partial charge in [-0.05, 0) is 20.3 Å². The molecule has 0 fully saturated rings. The molecule has 5 nitrogen and oxygen atoms in total. The van der Waals surface area contributed by atoms with Crippen molar-refractivity contribution in [3.05, 3.63) is 23.1 Å². The SMILES string of the molecule is CCc1nc(-c2cn(C)nc2C)nc(N)c1C. The average molecular weight is 231 g/mol. The maximum atomic E-state index is 5.91. The van der Waals surface area contributed by atoms with Crippen LogP contribution in [0.5, 0.6) is 0 Å². The molecule has 0 bridgehead atoms. The zero-order valence-electron chi connectivity index (χ0n) is 10.7. The quantitative estimate of drug-likeness (QED) is 0.853. The molecule has 0 aliphatic rings. The average Bonchev–Trinajstić information content (AvgIpc) is 2.61. The van der Waals surface area contributed by atoms with Gasteiger partial charge >= 0.3 is 0 Å². The summed E-state index contributed by atoms with van der Waals surface area (Å²) >= 11 is 0. The zero-order valence-corrected chi connectivity index (χ0v) is 10.7. The molecule has 0 saturated carbocycles. The fraction of sp³-hybridized carbons (Fsp3) is 0.417. The molecule has 90 valence electrons. The Morgan fingerprint density at radius 1 is 1.29 bits per heavy atom. The summed E-state index contributed by atoms with van der Waals surface area (Å²) in [5.74, 6) is 1.21. The van der Waals surface area contributed by atoms with E-state index in [9.17, 15) is 0 Å². The van der Waals surface area contributed by atoms with E-state index in [0.29, 0.717) is 11.6 Å². The van der Waals surface area contributed by atoms with Gasteiger partial charge in [-0.15, -0.1) is 0 Å². The Kier molecular flexibility index (Phi) is 2.83. The summed E-state index contributed by atoms with van der Waals surface area (Å²) in [6, 6.07) is 0. The molecule has 0 spiro atoms. The third-order valence-electron chi connectivity index (χ3n) is 2.87. The number of nitrogens with two attached hydrogens (primary N) is 1. The van der Waals surface area contributed by atoms with Crippen LogP contribution in [0.3, 0.4) is 0 Å². The molecule has 2 aromatic rings. The van der Waals surface area contributed by atoms with Crippen molar-refractivity contribution in [3.8, 4) is 11.4 Å². The van der Waals surface area contributed by atoms with Crippen molar-refractivity contribution in [1.29, 1.82) is 0 Å². The lowest BCUT2D eigenvalue weighted by Gasteiger charge is -2.07. The van der Waals surface area contributed by atoms with Gasteiger partial charge in [0.2, 0.25) is 0 Å². The largest absolute Gasteiger partial charge is 0.383 e. The van der Waals surface area contributed by atoms with E-state index >= 15 is 0 Å². The van der Waals surface area contributed by atoms with Gasteiger partial charge in [-0.25, -0.2) is 9.97 Å². The highest BCUT2D eigenvalue weighted by Crippen LogP contribution is 2.22. The van der Waals surface area contributed by atoms with Crippen LogP contribution in [0.15, 0.2) is 6.20 Å². The molecule has 2 rings (SSSR count). The highest BCUT2D eigenvalue weighted by Gasteiger charge is 2.13. The second-order valence-electron chi connectivity index (χ2n) is 4.16. The summed E-state index contributed by atoms with van der Waals surface area (Å²) in [5, 5.41) is 4.29. The Morgan fingerprint density at radius 2 is 2.00 bits per heavy atom. The summed E-state index contributed by atoms with van der Waals surface area (Å²) in [6.07, 6.45) is 2.77. The minimum Gasteiger partial charge on any atom is -0.383 e. The fourth-order valence-electron chi connectivity index (χ4n) is 1.87. The summed E-state index contributed by atoms with van der Waals surface area (Å²) < 4.78 is 1.76. The van der Waals surface area contributed by atoms with Crippen LogP contribution in [-0.2, 0) is 13.5 Å². The van der Waals surface area contributed by atoms with Gasteiger partial charge in [-0.2, -0.15) is 5.10 Å². The molecule has 17 heavy (non-hydrogen) atoms. The van der Waals surface area contributed by atoms with Gasteiger partial charge < -0.3 is 5.73 Å². The lowest BCUT2D eigenvalue weighted by molar-refractivity contribution is 0.756. The first-order valence-electron chi connectivity index (χ1n) is 5.66. The van der Waals surface area contributed by atoms with E-state index in [-0.39, 0.29) is 0 Å². The normalized spacial score (nSPS) is 10.8. The highest BCUT2D eigenvalue weighted by molar-refractivity contribution is 5.60. The highest BCUT2D eigenvalue weighted by atomic mass is 15.3. The van der Waals surface area contributed by atoms with Crippen LogP contribution in [0.4, 0.5) is 5.82 Å². The fourth-order valence-corrected chi connectivity index (χ4v) is 1.87. The Bertz CT molecular complexity index is 556. The molecule has 0 saturated heterocycles. The van der Waals surface area contributed by atoms with Crippen molar-refractivity contribution < 1.29 is 0 Å². The summed E-state index contributed by atoms with van der Waals surface area (Å²) in [6.45, 7) is 5.96. The molecule has 0 aliphatic heterocycles. The smallest absolute Gasteiger partial charge is 0.165 e.